The van der Waals surface area contributed by atoms with Crippen LogP contribution in [-0.2, 0) is 12.6 Å². The minimum absolute atomic E-state index is 0.118. The van der Waals surface area contributed by atoms with E-state index in [4.69, 9.17) is 11.6 Å². The van der Waals surface area contributed by atoms with Gasteiger partial charge >= 0.3 is 0 Å². The van der Waals surface area contributed by atoms with E-state index < -0.39 is 0 Å². The molecule has 0 atom stereocenters. The lowest BCUT2D eigenvalue weighted by molar-refractivity contribution is 0.725. The number of rotatable bonds is 5. The first-order valence-corrected chi connectivity index (χ1v) is 10.4. The fourth-order valence-electron chi connectivity index (χ4n) is 3.86. The maximum Gasteiger partial charge on any atom is 0.252 e. The van der Waals surface area contributed by atoms with Crippen LogP contribution in [0.5, 0.6) is 0 Å². The smallest absolute Gasteiger partial charge is 0.252 e. The molecule has 1 saturated carbocycles. The predicted molar refractivity (Wildman–Crippen MR) is 123 cm³/mol. The van der Waals surface area contributed by atoms with Crippen LogP contribution in [0.3, 0.4) is 0 Å². The summed E-state index contributed by atoms with van der Waals surface area (Å²) in [5, 5.41) is 17.2. The lowest BCUT2D eigenvalue weighted by atomic mass is 10.1. The number of halogens is 1. The second kappa shape index (κ2) is 7.62. The van der Waals surface area contributed by atoms with Crippen molar-refractivity contribution in [3.8, 4) is 6.07 Å². The van der Waals surface area contributed by atoms with Crippen LogP contribution in [0, 0.1) is 11.3 Å². The molecule has 8 nitrogen and oxygen atoms in total. The molecule has 1 aliphatic carbocycles. The van der Waals surface area contributed by atoms with Gasteiger partial charge in [-0.1, -0.05) is 23.7 Å². The van der Waals surface area contributed by atoms with Crippen LogP contribution in [0.2, 0.25) is 5.15 Å². The Bertz CT molecular complexity index is 1440. The van der Waals surface area contributed by atoms with Gasteiger partial charge in [-0.15, -0.1) is 0 Å². The minimum atomic E-state index is -0.378. The maximum absolute atomic E-state index is 12.9. The third kappa shape index (κ3) is 3.33. The van der Waals surface area contributed by atoms with Crippen LogP contribution in [0.15, 0.2) is 59.8 Å². The summed E-state index contributed by atoms with van der Waals surface area (Å²) in [4.78, 5) is 25.6. The van der Waals surface area contributed by atoms with Crippen molar-refractivity contribution in [1.29, 1.82) is 5.26 Å². The highest BCUT2D eigenvalue weighted by molar-refractivity contribution is 6.31. The quantitative estimate of drug-likeness (QED) is 0.447. The predicted octanol–water partition coefficient (Wildman–Crippen LogP) is 4.09. The van der Waals surface area contributed by atoms with Crippen molar-refractivity contribution in [2.45, 2.75) is 18.4 Å². The first kappa shape index (κ1) is 20.0. The van der Waals surface area contributed by atoms with Crippen LogP contribution >= 0.6 is 11.6 Å². The van der Waals surface area contributed by atoms with Crippen molar-refractivity contribution in [3.05, 3.63) is 81.9 Å². The number of aromatic nitrogens is 4. The number of nitrogens with one attached hydrogen (secondary N) is 2. The third-order valence-corrected chi connectivity index (χ3v) is 5.95. The number of nitrogens with zero attached hydrogens (tertiary/aromatic N) is 5. The molecule has 0 amide bonds. The van der Waals surface area contributed by atoms with Crippen LogP contribution in [0.25, 0.3) is 10.9 Å². The molecule has 0 aliphatic heterocycles. The van der Waals surface area contributed by atoms with E-state index in [1.54, 1.807) is 42.2 Å². The molecule has 1 fully saturated rings. The second-order valence-corrected chi connectivity index (χ2v) is 8.06. The van der Waals surface area contributed by atoms with Crippen molar-refractivity contribution >= 4 is 39.6 Å². The Labute approximate surface area is 188 Å². The first-order valence-electron chi connectivity index (χ1n) is 10.0. The number of anilines is 3. The highest BCUT2D eigenvalue weighted by Crippen LogP contribution is 2.47. The Hall–Kier alpha value is -3.96. The molecule has 5 rings (SSSR count). The normalized spacial score (nSPS) is 14.0. The molecule has 1 aliphatic rings. The fourth-order valence-corrected chi connectivity index (χ4v) is 4.06. The number of aryl methyl sites for hydroxylation is 1. The highest BCUT2D eigenvalue weighted by atomic mass is 35.5. The molecule has 0 bridgehead atoms. The van der Waals surface area contributed by atoms with Gasteiger partial charge in [-0.3, -0.25) is 4.79 Å². The van der Waals surface area contributed by atoms with E-state index >= 15 is 0 Å². The van der Waals surface area contributed by atoms with E-state index in [2.05, 4.69) is 31.7 Å². The van der Waals surface area contributed by atoms with Gasteiger partial charge < -0.3 is 15.2 Å². The average molecular weight is 444 g/mol. The largest absolute Gasteiger partial charge is 0.372 e. The van der Waals surface area contributed by atoms with E-state index in [-0.39, 0.29) is 21.8 Å². The van der Waals surface area contributed by atoms with Crippen molar-refractivity contribution in [3.63, 3.8) is 0 Å². The molecule has 2 N–H and O–H groups in total. The summed E-state index contributed by atoms with van der Waals surface area (Å²) in [6, 6.07) is 12.8. The van der Waals surface area contributed by atoms with Crippen molar-refractivity contribution in [1.82, 2.24) is 19.5 Å². The molecule has 158 valence electrons. The number of pyridine rings is 2. The first-order chi connectivity index (χ1) is 15.5. The monoisotopic (exact) mass is 443 g/mol. The van der Waals surface area contributed by atoms with E-state index in [0.29, 0.717) is 28.4 Å². The Kier molecular flexibility index (Phi) is 4.76. The Morgan fingerprint density at radius 3 is 2.56 bits per heavy atom. The van der Waals surface area contributed by atoms with Gasteiger partial charge in [0.2, 0.25) is 0 Å². The lowest BCUT2D eigenvalue weighted by Crippen LogP contribution is -2.24. The molecule has 3 aromatic heterocycles. The van der Waals surface area contributed by atoms with Crippen LogP contribution < -0.4 is 16.2 Å². The van der Waals surface area contributed by atoms with Gasteiger partial charge in [0.25, 0.3) is 5.56 Å². The lowest BCUT2D eigenvalue weighted by Gasteiger charge is -2.21. The Balaban J connectivity index is 1.63. The zero-order valence-electron chi connectivity index (χ0n) is 17.1. The molecule has 1 aromatic carbocycles. The van der Waals surface area contributed by atoms with Crippen molar-refractivity contribution < 1.29 is 0 Å². The number of fused-ring (bicyclic) bond motifs is 1. The van der Waals surface area contributed by atoms with Crippen LogP contribution in [0.1, 0.15) is 24.2 Å². The van der Waals surface area contributed by atoms with Gasteiger partial charge in [0, 0.05) is 42.8 Å². The molecular weight excluding hydrogens is 426 g/mol. The molecule has 32 heavy (non-hydrogen) atoms. The summed E-state index contributed by atoms with van der Waals surface area (Å²) in [5.74, 6) is 0.716. The summed E-state index contributed by atoms with van der Waals surface area (Å²) in [6.07, 6.45) is 6.74. The standard InChI is InChI=1S/C23H18ClN7O/c1-31-19(32)12-18(30-23(7-8-23)22-27-9-3-10-28-22)14-4-2-5-17(20(14)31)29-16-6-11-26-21(24)15(16)13-25/h2-6,9-12,30H,7-8H2,1H3,(H,26,29). The number of hydrogen-bond acceptors (Lipinski definition) is 7. The summed E-state index contributed by atoms with van der Waals surface area (Å²) in [7, 11) is 1.72. The van der Waals surface area contributed by atoms with Crippen LogP contribution in [0.4, 0.5) is 17.1 Å². The zero-order valence-corrected chi connectivity index (χ0v) is 17.9. The number of hydrogen-bond donors (Lipinski definition) is 2. The summed E-state index contributed by atoms with van der Waals surface area (Å²) in [5.41, 5.74) is 2.30. The van der Waals surface area contributed by atoms with Crippen molar-refractivity contribution in [2.75, 3.05) is 10.6 Å². The minimum Gasteiger partial charge on any atom is -0.372 e. The van der Waals surface area contributed by atoms with Gasteiger partial charge in [-0.25, -0.2) is 15.0 Å². The van der Waals surface area contributed by atoms with E-state index in [1.165, 1.54) is 6.20 Å². The number of para-hydroxylation sites is 1. The number of nitriles is 1. The SMILES string of the molecule is Cn1c(=O)cc(NC2(c3ncccn3)CC2)c2cccc(Nc3ccnc(Cl)c3C#N)c21. The van der Waals surface area contributed by atoms with E-state index in [9.17, 15) is 10.1 Å². The molecule has 3 heterocycles. The van der Waals surface area contributed by atoms with Gasteiger partial charge in [-0.2, -0.15) is 5.26 Å². The molecular formula is C23H18ClN7O. The summed E-state index contributed by atoms with van der Waals surface area (Å²) in [6.45, 7) is 0. The van der Waals surface area contributed by atoms with Gasteiger partial charge in [0.1, 0.15) is 16.8 Å². The number of benzene rings is 1. The molecule has 0 unspecified atom stereocenters. The molecule has 0 saturated heterocycles. The molecule has 0 radical (unpaired) electrons. The van der Waals surface area contributed by atoms with Gasteiger partial charge in [-0.05, 0) is 31.0 Å². The maximum atomic E-state index is 12.9. The zero-order chi connectivity index (χ0) is 22.3. The second-order valence-electron chi connectivity index (χ2n) is 7.70. The Morgan fingerprint density at radius 1 is 1.06 bits per heavy atom. The summed E-state index contributed by atoms with van der Waals surface area (Å²) < 4.78 is 1.58. The topological polar surface area (TPSA) is 109 Å². The molecule has 0 spiro atoms. The third-order valence-electron chi connectivity index (χ3n) is 5.66. The van der Waals surface area contributed by atoms with Gasteiger partial charge in [0.05, 0.1) is 22.4 Å². The van der Waals surface area contributed by atoms with Gasteiger partial charge in [0.15, 0.2) is 5.82 Å². The van der Waals surface area contributed by atoms with Crippen molar-refractivity contribution in [2.24, 2.45) is 7.05 Å². The van der Waals surface area contributed by atoms with E-state index in [0.717, 1.165) is 18.2 Å². The highest BCUT2D eigenvalue weighted by Gasteiger charge is 2.47. The van der Waals surface area contributed by atoms with Crippen LogP contribution in [-0.4, -0.2) is 19.5 Å². The Morgan fingerprint density at radius 2 is 1.84 bits per heavy atom. The molecule has 4 aromatic rings. The molecule has 9 heteroatoms. The van der Waals surface area contributed by atoms with E-state index in [1.807, 2.05) is 18.2 Å². The average Bonchev–Trinajstić information content (AvgIpc) is 3.59. The fraction of sp³-hybridized carbons (Fsp3) is 0.174. The summed E-state index contributed by atoms with van der Waals surface area (Å²) >= 11 is 6.08.